The monoisotopic (exact) mass is 313 g/mol. The van der Waals surface area contributed by atoms with E-state index in [2.05, 4.69) is 0 Å². The van der Waals surface area contributed by atoms with Crippen molar-refractivity contribution in [2.75, 3.05) is 14.2 Å². The van der Waals surface area contributed by atoms with Crippen LogP contribution >= 0.6 is 0 Å². The predicted molar refractivity (Wildman–Crippen MR) is 88.5 cm³/mol. The first-order valence-electron chi connectivity index (χ1n) is 7.04. The van der Waals surface area contributed by atoms with E-state index in [4.69, 9.17) is 19.9 Å². The second kappa shape index (κ2) is 7.89. The maximum Gasteiger partial charge on any atom is 0.241 e. The Labute approximate surface area is 135 Å². The number of carbonyl (C=O) groups excluding carboxylic acids is 1. The highest BCUT2D eigenvalue weighted by atomic mass is 16.5. The number of para-hydroxylation sites is 2. The zero-order valence-electron chi connectivity index (χ0n) is 13.1. The van der Waals surface area contributed by atoms with Gasteiger partial charge in [0, 0.05) is 11.6 Å². The zero-order valence-corrected chi connectivity index (χ0v) is 13.1. The SMILES string of the molecule is COc1ccc(/C=C\C(N)=O)cc1COc1ccccc1OC. The summed E-state index contributed by atoms with van der Waals surface area (Å²) in [5, 5.41) is 0. The van der Waals surface area contributed by atoms with Crippen molar-refractivity contribution in [2.45, 2.75) is 6.61 Å². The van der Waals surface area contributed by atoms with Gasteiger partial charge in [0.15, 0.2) is 11.5 Å². The molecule has 0 atom stereocenters. The molecule has 0 fully saturated rings. The molecule has 0 spiro atoms. The number of methoxy groups -OCH3 is 2. The summed E-state index contributed by atoms with van der Waals surface area (Å²) in [6, 6.07) is 13.0. The first kappa shape index (κ1) is 16.4. The first-order chi connectivity index (χ1) is 11.1. The lowest BCUT2D eigenvalue weighted by Crippen LogP contribution is -2.05. The number of rotatable bonds is 7. The lowest BCUT2D eigenvalue weighted by Gasteiger charge is -2.13. The predicted octanol–water partition coefficient (Wildman–Crippen LogP) is 2.78. The molecule has 0 saturated carbocycles. The highest BCUT2D eigenvalue weighted by Gasteiger charge is 2.07. The fraction of sp³-hybridized carbons (Fsp3) is 0.167. The molecule has 0 radical (unpaired) electrons. The van der Waals surface area contributed by atoms with Gasteiger partial charge in [-0.3, -0.25) is 4.79 Å². The minimum Gasteiger partial charge on any atom is -0.496 e. The van der Waals surface area contributed by atoms with Gasteiger partial charge in [0.1, 0.15) is 12.4 Å². The molecule has 2 rings (SSSR count). The summed E-state index contributed by atoms with van der Waals surface area (Å²) in [5.41, 5.74) is 6.80. The Morgan fingerprint density at radius 1 is 1.04 bits per heavy atom. The Balaban J connectivity index is 2.20. The van der Waals surface area contributed by atoms with Gasteiger partial charge in [0.25, 0.3) is 0 Å². The molecule has 0 aromatic heterocycles. The maximum atomic E-state index is 10.8. The first-order valence-corrected chi connectivity index (χ1v) is 7.04. The van der Waals surface area contributed by atoms with Gasteiger partial charge < -0.3 is 19.9 Å². The number of hydrogen-bond acceptors (Lipinski definition) is 4. The molecular weight excluding hydrogens is 294 g/mol. The molecule has 120 valence electrons. The number of benzene rings is 2. The number of amides is 1. The van der Waals surface area contributed by atoms with Gasteiger partial charge in [0.2, 0.25) is 5.91 Å². The molecule has 2 aromatic rings. The van der Waals surface area contributed by atoms with Gasteiger partial charge in [-0.25, -0.2) is 0 Å². The number of nitrogens with two attached hydrogens (primary N) is 1. The molecule has 0 aliphatic carbocycles. The summed E-state index contributed by atoms with van der Waals surface area (Å²) < 4.78 is 16.4. The van der Waals surface area contributed by atoms with Crippen LogP contribution in [-0.4, -0.2) is 20.1 Å². The van der Waals surface area contributed by atoms with Crippen LogP contribution < -0.4 is 19.9 Å². The molecule has 23 heavy (non-hydrogen) atoms. The minimum atomic E-state index is -0.493. The molecule has 0 unspecified atom stereocenters. The van der Waals surface area contributed by atoms with Crippen molar-refractivity contribution in [3.05, 3.63) is 59.7 Å². The third kappa shape index (κ3) is 4.51. The lowest BCUT2D eigenvalue weighted by molar-refractivity contribution is -0.113. The summed E-state index contributed by atoms with van der Waals surface area (Å²) >= 11 is 0. The van der Waals surface area contributed by atoms with Crippen molar-refractivity contribution < 1.29 is 19.0 Å². The molecule has 2 aromatic carbocycles. The number of primary amides is 1. The standard InChI is InChI=1S/C18H19NO4/c1-21-15-9-7-13(8-10-18(19)20)11-14(15)12-23-17-6-4-3-5-16(17)22-2/h3-11H,12H2,1-2H3,(H2,19,20)/b10-8-. The number of ether oxygens (including phenoxy) is 3. The molecule has 2 N–H and O–H groups in total. The molecule has 0 aliphatic rings. The fourth-order valence-electron chi connectivity index (χ4n) is 2.09. The van der Waals surface area contributed by atoms with E-state index in [1.54, 1.807) is 20.3 Å². The molecule has 1 amide bonds. The van der Waals surface area contributed by atoms with Crippen LogP contribution in [0.1, 0.15) is 11.1 Å². The van der Waals surface area contributed by atoms with Crippen LogP contribution in [0.4, 0.5) is 0 Å². The largest absolute Gasteiger partial charge is 0.496 e. The Kier molecular flexibility index (Phi) is 5.63. The Morgan fingerprint density at radius 3 is 2.39 bits per heavy atom. The smallest absolute Gasteiger partial charge is 0.241 e. The van der Waals surface area contributed by atoms with E-state index in [1.807, 2.05) is 42.5 Å². The van der Waals surface area contributed by atoms with E-state index >= 15 is 0 Å². The molecule has 0 saturated heterocycles. The van der Waals surface area contributed by atoms with Crippen LogP contribution in [0.3, 0.4) is 0 Å². The van der Waals surface area contributed by atoms with E-state index in [1.165, 1.54) is 6.08 Å². The summed E-state index contributed by atoms with van der Waals surface area (Å²) in [7, 11) is 3.19. The van der Waals surface area contributed by atoms with Crippen LogP contribution in [0.2, 0.25) is 0 Å². The van der Waals surface area contributed by atoms with Crippen molar-refractivity contribution in [1.29, 1.82) is 0 Å². The van der Waals surface area contributed by atoms with Crippen LogP contribution in [0, 0.1) is 0 Å². The van der Waals surface area contributed by atoms with E-state index in [0.717, 1.165) is 11.1 Å². The molecular formula is C18H19NO4. The zero-order chi connectivity index (χ0) is 16.7. The van der Waals surface area contributed by atoms with Gasteiger partial charge in [-0.15, -0.1) is 0 Å². The van der Waals surface area contributed by atoms with Gasteiger partial charge in [-0.2, -0.15) is 0 Å². The van der Waals surface area contributed by atoms with Gasteiger partial charge in [-0.05, 0) is 35.9 Å². The van der Waals surface area contributed by atoms with Gasteiger partial charge in [0.05, 0.1) is 14.2 Å². The molecule has 0 bridgehead atoms. The van der Waals surface area contributed by atoms with Gasteiger partial charge in [-0.1, -0.05) is 18.2 Å². The van der Waals surface area contributed by atoms with Crippen molar-refractivity contribution >= 4 is 12.0 Å². The molecule has 5 nitrogen and oxygen atoms in total. The molecule has 5 heteroatoms. The lowest BCUT2D eigenvalue weighted by atomic mass is 10.1. The van der Waals surface area contributed by atoms with Crippen molar-refractivity contribution in [3.8, 4) is 17.2 Å². The van der Waals surface area contributed by atoms with E-state index in [-0.39, 0.29) is 0 Å². The highest BCUT2D eigenvalue weighted by Crippen LogP contribution is 2.28. The summed E-state index contributed by atoms with van der Waals surface area (Å²) in [4.78, 5) is 10.8. The minimum absolute atomic E-state index is 0.307. The topological polar surface area (TPSA) is 70.8 Å². The van der Waals surface area contributed by atoms with E-state index < -0.39 is 5.91 Å². The van der Waals surface area contributed by atoms with Crippen molar-refractivity contribution in [3.63, 3.8) is 0 Å². The van der Waals surface area contributed by atoms with Crippen LogP contribution in [-0.2, 0) is 11.4 Å². The van der Waals surface area contributed by atoms with Gasteiger partial charge >= 0.3 is 0 Å². The fourth-order valence-corrected chi connectivity index (χ4v) is 2.09. The second-order valence-corrected chi connectivity index (χ2v) is 4.75. The Bertz CT molecular complexity index is 710. The molecule has 0 aliphatic heterocycles. The summed E-state index contributed by atoms with van der Waals surface area (Å²) in [6.45, 7) is 0.307. The third-order valence-corrected chi connectivity index (χ3v) is 3.20. The van der Waals surface area contributed by atoms with Crippen LogP contribution in [0.5, 0.6) is 17.2 Å². The Hall–Kier alpha value is -2.95. The molecule has 0 heterocycles. The average molecular weight is 313 g/mol. The summed E-state index contributed by atoms with van der Waals surface area (Å²) in [5.74, 6) is 1.52. The number of hydrogen-bond donors (Lipinski definition) is 1. The van der Waals surface area contributed by atoms with Crippen LogP contribution in [0.25, 0.3) is 6.08 Å². The van der Waals surface area contributed by atoms with Crippen molar-refractivity contribution in [2.24, 2.45) is 5.73 Å². The van der Waals surface area contributed by atoms with E-state index in [0.29, 0.717) is 23.9 Å². The summed E-state index contributed by atoms with van der Waals surface area (Å²) in [6.07, 6.45) is 2.96. The number of carbonyl (C=O) groups is 1. The van der Waals surface area contributed by atoms with Crippen LogP contribution in [0.15, 0.2) is 48.5 Å². The second-order valence-electron chi connectivity index (χ2n) is 4.75. The highest BCUT2D eigenvalue weighted by molar-refractivity contribution is 5.90. The average Bonchev–Trinajstić information content (AvgIpc) is 2.58. The quantitative estimate of drug-likeness (QED) is 0.798. The Morgan fingerprint density at radius 2 is 1.74 bits per heavy atom. The van der Waals surface area contributed by atoms with Crippen molar-refractivity contribution in [1.82, 2.24) is 0 Å². The normalized spacial score (nSPS) is 10.5. The third-order valence-electron chi connectivity index (χ3n) is 3.20. The maximum absolute atomic E-state index is 10.8. The van der Waals surface area contributed by atoms with E-state index in [9.17, 15) is 4.79 Å².